The fourth-order valence-electron chi connectivity index (χ4n) is 1.88. The minimum atomic E-state index is 0.787. The van der Waals surface area contributed by atoms with E-state index in [1.54, 1.807) is 14.2 Å². The van der Waals surface area contributed by atoms with Crippen LogP contribution in [0.3, 0.4) is 0 Å². The molecule has 0 spiro atoms. The molecule has 2 aromatic carbocycles. The van der Waals surface area contributed by atoms with Crippen LogP contribution in [0.25, 0.3) is 12.2 Å². The summed E-state index contributed by atoms with van der Waals surface area (Å²) in [5.74, 6) is 1.57. The molecule has 0 saturated carbocycles. The van der Waals surface area contributed by atoms with Crippen molar-refractivity contribution in [3.63, 3.8) is 0 Å². The van der Waals surface area contributed by atoms with Crippen LogP contribution in [0.4, 0.5) is 5.69 Å². The Balaban J connectivity index is 2.21. The van der Waals surface area contributed by atoms with Gasteiger partial charge < -0.3 is 14.8 Å². The lowest BCUT2D eigenvalue weighted by atomic mass is 10.1. The van der Waals surface area contributed by atoms with Crippen LogP contribution >= 0.6 is 0 Å². The van der Waals surface area contributed by atoms with Crippen LogP contribution in [0.2, 0.25) is 0 Å². The minimum Gasteiger partial charge on any atom is -0.497 e. The lowest BCUT2D eigenvalue weighted by molar-refractivity contribution is 0.394. The lowest BCUT2D eigenvalue weighted by Crippen LogP contribution is -1.88. The smallest absolute Gasteiger partial charge is 0.123 e. The molecule has 3 heteroatoms. The van der Waals surface area contributed by atoms with E-state index >= 15 is 0 Å². The minimum absolute atomic E-state index is 0.787. The molecule has 2 rings (SSSR count). The summed E-state index contributed by atoms with van der Waals surface area (Å²) in [4.78, 5) is 0. The van der Waals surface area contributed by atoms with E-state index in [0.717, 1.165) is 28.3 Å². The monoisotopic (exact) mass is 269 g/mol. The van der Waals surface area contributed by atoms with Gasteiger partial charge in [-0.05, 0) is 35.4 Å². The highest BCUT2D eigenvalue weighted by Gasteiger charge is 1.99. The molecule has 1 N–H and O–H groups in total. The van der Waals surface area contributed by atoms with Crippen molar-refractivity contribution in [2.75, 3.05) is 26.6 Å². The quantitative estimate of drug-likeness (QED) is 0.835. The number of hydrogen-bond donors (Lipinski definition) is 1. The Labute approximate surface area is 119 Å². The first-order chi connectivity index (χ1) is 9.75. The molecule has 0 radical (unpaired) electrons. The van der Waals surface area contributed by atoms with Crippen LogP contribution in [0.5, 0.6) is 11.5 Å². The number of benzene rings is 2. The molecule has 0 bridgehead atoms. The predicted octanol–water partition coefficient (Wildman–Crippen LogP) is 3.92. The fourth-order valence-corrected chi connectivity index (χ4v) is 1.88. The number of nitrogens with one attached hydrogen (secondary N) is 1. The third-order valence-electron chi connectivity index (χ3n) is 3.04. The molecule has 0 aliphatic rings. The van der Waals surface area contributed by atoms with Gasteiger partial charge in [0.05, 0.1) is 14.2 Å². The number of rotatable bonds is 5. The summed E-state index contributed by atoms with van der Waals surface area (Å²) in [5, 5.41) is 3.10. The normalized spacial score (nSPS) is 10.6. The molecule has 2 aromatic rings. The van der Waals surface area contributed by atoms with Crippen LogP contribution < -0.4 is 14.8 Å². The van der Waals surface area contributed by atoms with E-state index in [0.29, 0.717) is 0 Å². The molecule has 0 atom stereocenters. The summed E-state index contributed by atoms with van der Waals surface area (Å²) in [5.41, 5.74) is 3.29. The molecule has 0 aromatic heterocycles. The first-order valence-corrected chi connectivity index (χ1v) is 6.44. The summed E-state index contributed by atoms with van der Waals surface area (Å²) in [6.07, 6.45) is 4.10. The third kappa shape index (κ3) is 3.54. The molecular weight excluding hydrogens is 250 g/mol. The SMILES string of the molecule is CNc1ccc(/C=C/c2cc(OC)cc(OC)c2)cc1. The van der Waals surface area contributed by atoms with Crippen molar-refractivity contribution in [2.45, 2.75) is 0 Å². The average Bonchev–Trinajstić information content (AvgIpc) is 2.53. The summed E-state index contributed by atoms with van der Waals surface area (Å²) in [6.45, 7) is 0. The van der Waals surface area contributed by atoms with Crippen LogP contribution in [0, 0.1) is 0 Å². The van der Waals surface area contributed by atoms with Crippen LogP contribution in [-0.2, 0) is 0 Å². The molecule has 20 heavy (non-hydrogen) atoms. The second kappa shape index (κ2) is 6.66. The molecular formula is C17H19NO2. The standard InChI is InChI=1S/C17H19NO2/c1-18-15-8-6-13(7-9-15)4-5-14-10-16(19-2)12-17(11-14)20-3/h4-12,18H,1-3H3/b5-4+. The molecule has 0 heterocycles. The van der Waals surface area contributed by atoms with Gasteiger partial charge in [-0.3, -0.25) is 0 Å². The zero-order valence-corrected chi connectivity index (χ0v) is 12.0. The van der Waals surface area contributed by atoms with Crippen molar-refractivity contribution in [1.29, 1.82) is 0 Å². The zero-order valence-electron chi connectivity index (χ0n) is 12.0. The van der Waals surface area contributed by atoms with Gasteiger partial charge in [-0.25, -0.2) is 0 Å². The zero-order chi connectivity index (χ0) is 14.4. The summed E-state index contributed by atoms with van der Waals surface area (Å²) >= 11 is 0. The molecule has 3 nitrogen and oxygen atoms in total. The second-order valence-electron chi connectivity index (χ2n) is 4.35. The Hall–Kier alpha value is -2.42. The Morgan fingerprint density at radius 1 is 0.800 bits per heavy atom. The number of ether oxygens (including phenoxy) is 2. The maximum Gasteiger partial charge on any atom is 0.123 e. The molecule has 104 valence electrons. The summed E-state index contributed by atoms with van der Waals surface area (Å²) in [7, 11) is 5.21. The van der Waals surface area contributed by atoms with Crippen LogP contribution in [-0.4, -0.2) is 21.3 Å². The van der Waals surface area contributed by atoms with Crippen molar-refractivity contribution in [2.24, 2.45) is 0 Å². The van der Waals surface area contributed by atoms with Gasteiger partial charge in [-0.15, -0.1) is 0 Å². The van der Waals surface area contributed by atoms with Crippen molar-refractivity contribution in [1.82, 2.24) is 0 Å². The van der Waals surface area contributed by atoms with Gasteiger partial charge in [0.2, 0.25) is 0 Å². The predicted molar refractivity (Wildman–Crippen MR) is 84.5 cm³/mol. The van der Waals surface area contributed by atoms with Gasteiger partial charge in [0.25, 0.3) is 0 Å². The highest BCUT2D eigenvalue weighted by Crippen LogP contribution is 2.24. The van der Waals surface area contributed by atoms with Gasteiger partial charge in [0.15, 0.2) is 0 Å². The lowest BCUT2D eigenvalue weighted by Gasteiger charge is -2.06. The van der Waals surface area contributed by atoms with E-state index in [2.05, 4.69) is 23.5 Å². The maximum atomic E-state index is 5.26. The second-order valence-corrected chi connectivity index (χ2v) is 4.35. The van der Waals surface area contributed by atoms with Gasteiger partial charge in [0.1, 0.15) is 11.5 Å². The largest absolute Gasteiger partial charge is 0.497 e. The van der Waals surface area contributed by atoms with Gasteiger partial charge in [0, 0.05) is 18.8 Å². The highest BCUT2D eigenvalue weighted by atomic mass is 16.5. The van der Waals surface area contributed by atoms with E-state index in [1.807, 2.05) is 43.5 Å². The first-order valence-electron chi connectivity index (χ1n) is 6.44. The van der Waals surface area contributed by atoms with E-state index in [9.17, 15) is 0 Å². The Morgan fingerprint density at radius 3 is 1.85 bits per heavy atom. The molecule has 0 amide bonds. The Bertz CT molecular complexity index is 566. The maximum absolute atomic E-state index is 5.26. The molecule has 0 aliphatic heterocycles. The van der Waals surface area contributed by atoms with Crippen molar-refractivity contribution in [3.8, 4) is 11.5 Å². The Morgan fingerprint density at radius 2 is 1.35 bits per heavy atom. The third-order valence-corrected chi connectivity index (χ3v) is 3.04. The molecule has 0 fully saturated rings. The summed E-state index contributed by atoms with van der Waals surface area (Å²) < 4.78 is 10.5. The number of hydrogen-bond acceptors (Lipinski definition) is 3. The van der Waals surface area contributed by atoms with E-state index in [4.69, 9.17) is 9.47 Å². The number of anilines is 1. The first kappa shape index (κ1) is 14.0. The van der Waals surface area contributed by atoms with Gasteiger partial charge in [-0.2, -0.15) is 0 Å². The van der Waals surface area contributed by atoms with Gasteiger partial charge in [-0.1, -0.05) is 24.3 Å². The van der Waals surface area contributed by atoms with E-state index in [-0.39, 0.29) is 0 Å². The molecule has 0 saturated heterocycles. The van der Waals surface area contributed by atoms with E-state index in [1.165, 1.54) is 0 Å². The highest BCUT2D eigenvalue weighted by molar-refractivity contribution is 5.71. The van der Waals surface area contributed by atoms with Crippen molar-refractivity contribution >= 4 is 17.8 Å². The van der Waals surface area contributed by atoms with Crippen molar-refractivity contribution < 1.29 is 9.47 Å². The average molecular weight is 269 g/mol. The molecule has 0 aliphatic carbocycles. The van der Waals surface area contributed by atoms with E-state index < -0.39 is 0 Å². The summed E-state index contributed by atoms with van der Waals surface area (Å²) in [6, 6.07) is 14.0. The molecule has 0 unspecified atom stereocenters. The van der Waals surface area contributed by atoms with Crippen LogP contribution in [0.1, 0.15) is 11.1 Å². The fraction of sp³-hybridized carbons (Fsp3) is 0.176. The topological polar surface area (TPSA) is 30.5 Å². The van der Waals surface area contributed by atoms with Gasteiger partial charge >= 0.3 is 0 Å². The Kier molecular flexibility index (Phi) is 4.66. The number of methoxy groups -OCH3 is 2. The van der Waals surface area contributed by atoms with Crippen molar-refractivity contribution in [3.05, 3.63) is 53.6 Å². The van der Waals surface area contributed by atoms with Crippen LogP contribution in [0.15, 0.2) is 42.5 Å².